The van der Waals surface area contributed by atoms with E-state index in [-0.39, 0.29) is 40.4 Å². The molecule has 0 aromatic heterocycles. The van der Waals surface area contributed by atoms with Gasteiger partial charge in [0.25, 0.3) is 0 Å². The molecule has 4 saturated carbocycles. The van der Waals surface area contributed by atoms with Crippen LogP contribution in [-0.4, -0.2) is 179 Å². The molecule has 67 heavy (non-hydrogen) atoms. The highest BCUT2D eigenvalue weighted by atomic mass is 16.8. The first-order valence-corrected chi connectivity index (χ1v) is 24.3. The molecule has 8 aliphatic rings. The molecular formula is C48H76O19. The maximum Gasteiger partial charge on any atom is 0.335 e. The summed E-state index contributed by atoms with van der Waals surface area (Å²) in [5, 5.41) is 119. The van der Waals surface area contributed by atoms with Gasteiger partial charge in [0.2, 0.25) is 0 Å². The highest BCUT2D eigenvalue weighted by Crippen LogP contribution is 2.76. The second-order valence-electron chi connectivity index (χ2n) is 23.5. The van der Waals surface area contributed by atoms with Gasteiger partial charge in [0, 0.05) is 5.41 Å². The van der Waals surface area contributed by atoms with Gasteiger partial charge in [-0.15, -0.1) is 0 Å². The number of carboxylic acids is 2. The van der Waals surface area contributed by atoms with Crippen LogP contribution in [0.5, 0.6) is 0 Å². The Bertz CT molecular complexity index is 1900. The Labute approximate surface area is 391 Å². The van der Waals surface area contributed by atoms with Crippen LogP contribution in [0.15, 0.2) is 11.6 Å². The summed E-state index contributed by atoms with van der Waals surface area (Å²) in [4.78, 5) is 25.1. The molecule has 25 atom stereocenters. The summed E-state index contributed by atoms with van der Waals surface area (Å²) < 4.78 is 36.3. The van der Waals surface area contributed by atoms with Crippen molar-refractivity contribution in [2.45, 2.75) is 218 Å². The summed E-state index contributed by atoms with van der Waals surface area (Å²) in [6.07, 6.45) is -18.9. The zero-order valence-corrected chi connectivity index (χ0v) is 39.9. The Kier molecular flexibility index (Phi) is 13.6. The van der Waals surface area contributed by atoms with Crippen molar-refractivity contribution < 1.29 is 94.2 Å². The van der Waals surface area contributed by atoms with E-state index < -0.39 is 139 Å². The molecule has 0 aromatic rings. The van der Waals surface area contributed by atoms with E-state index in [1.165, 1.54) is 12.5 Å². The van der Waals surface area contributed by atoms with Crippen molar-refractivity contribution >= 4 is 11.9 Å². The Hall–Kier alpha value is -1.92. The van der Waals surface area contributed by atoms with Gasteiger partial charge in [0.15, 0.2) is 25.0 Å². The number of ether oxygens (including phenoxy) is 6. The van der Waals surface area contributed by atoms with Gasteiger partial charge >= 0.3 is 11.9 Å². The molecule has 19 nitrogen and oxygen atoms in total. The molecule has 0 amide bonds. The van der Waals surface area contributed by atoms with Crippen molar-refractivity contribution in [3.05, 3.63) is 11.6 Å². The minimum atomic E-state index is -2.05. The quantitative estimate of drug-likeness (QED) is 0.112. The Morgan fingerprint density at radius 3 is 1.91 bits per heavy atom. The van der Waals surface area contributed by atoms with Crippen LogP contribution in [0.3, 0.4) is 0 Å². The van der Waals surface area contributed by atoms with Crippen LogP contribution < -0.4 is 0 Å². The number of hydrogen-bond acceptors (Lipinski definition) is 17. The number of hydrogen-bond donors (Lipinski definition) is 11. The maximum atomic E-state index is 12.6. The summed E-state index contributed by atoms with van der Waals surface area (Å²) in [5.74, 6) is -2.23. The summed E-state index contributed by atoms with van der Waals surface area (Å²) in [7, 11) is 0. The fourth-order valence-corrected chi connectivity index (χ4v) is 15.1. The monoisotopic (exact) mass is 956 g/mol. The van der Waals surface area contributed by atoms with Gasteiger partial charge in [-0.3, -0.25) is 4.79 Å². The van der Waals surface area contributed by atoms with E-state index in [2.05, 4.69) is 47.6 Å². The highest BCUT2D eigenvalue weighted by Gasteiger charge is 2.70. The molecule has 19 heteroatoms. The van der Waals surface area contributed by atoms with Crippen LogP contribution in [-0.2, 0) is 38.0 Å². The minimum Gasteiger partial charge on any atom is -0.481 e. The van der Waals surface area contributed by atoms with Gasteiger partial charge < -0.3 is 84.6 Å². The number of aliphatic carboxylic acids is 2. The third-order valence-electron chi connectivity index (χ3n) is 19.7. The van der Waals surface area contributed by atoms with Gasteiger partial charge in [-0.2, -0.15) is 0 Å². The predicted octanol–water partition coefficient (Wildman–Crippen LogP) is 0.797. The van der Waals surface area contributed by atoms with E-state index >= 15 is 0 Å². The van der Waals surface area contributed by atoms with E-state index in [1.807, 2.05) is 0 Å². The molecule has 382 valence electrons. The van der Waals surface area contributed by atoms with Gasteiger partial charge in [0.1, 0.15) is 61.0 Å². The summed E-state index contributed by atoms with van der Waals surface area (Å²) in [6, 6.07) is 0. The standard InChI is InChI=1S/C48H76O19/c1-20-28(51)30(53)34(57)39(62-20)66-36-31(54)29(52)23(19-49)63-40(36)67-37-33(56)32(55)35(38(58)59)65-41(37)64-27-12-13-46(6)24(43(27,2)3)11-14-48(8)25(46)10-9-21-22-17-44(4,42(60)61)18-26(50)45(22,5)15-16-47(21,48)7/h9,20,22-37,39-41,49-57H,10-19H2,1-8H3,(H,58,59)(H,60,61). The Morgan fingerprint density at radius 2 is 1.28 bits per heavy atom. The molecule has 3 heterocycles. The van der Waals surface area contributed by atoms with E-state index in [0.29, 0.717) is 19.3 Å². The molecule has 0 radical (unpaired) electrons. The molecule has 8 rings (SSSR count). The molecule has 0 spiro atoms. The average molecular weight is 957 g/mol. The van der Waals surface area contributed by atoms with Crippen molar-refractivity contribution in [2.75, 3.05) is 6.61 Å². The minimum absolute atomic E-state index is 0.0735. The van der Waals surface area contributed by atoms with Crippen LogP contribution in [0.25, 0.3) is 0 Å². The lowest BCUT2D eigenvalue weighted by Crippen LogP contribution is -2.68. The van der Waals surface area contributed by atoms with Crippen LogP contribution in [0, 0.1) is 50.2 Å². The molecule has 0 bridgehead atoms. The first kappa shape index (κ1) is 51.4. The van der Waals surface area contributed by atoms with Crippen LogP contribution in [0.4, 0.5) is 0 Å². The van der Waals surface area contributed by atoms with Crippen LogP contribution in [0.2, 0.25) is 0 Å². The van der Waals surface area contributed by atoms with Gasteiger partial charge in [0.05, 0.1) is 30.3 Å². The molecule has 7 fully saturated rings. The number of carbonyl (C=O) groups is 2. The molecule has 3 saturated heterocycles. The number of fused-ring (bicyclic) bond motifs is 7. The third kappa shape index (κ3) is 7.88. The first-order valence-electron chi connectivity index (χ1n) is 24.3. The smallest absolute Gasteiger partial charge is 0.335 e. The number of rotatable bonds is 9. The number of aliphatic hydroxyl groups is 9. The van der Waals surface area contributed by atoms with E-state index in [9.17, 15) is 65.8 Å². The largest absolute Gasteiger partial charge is 0.481 e. The summed E-state index contributed by atoms with van der Waals surface area (Å²) >= 11 is 0. The van der Waals surface area contributed by atoms with Gasteiger partial charge in [-0.1, -0.05) is 53.2 Å². The van der Waals surface area contributed by atoms with Crippen molar-refractivity contribution in [2.24, 2.45) is 50.2 Å². The molecule has 5 aliphatic carbocycles. The number of allylic oxidation sites excluding steroid dienone is 2. The molecular weight excluding hydrogens is 881 g/mol. The second kappa shape index (κ2) is 17.7. The third-order valence-corrected chi connectivity index (χ3v) is 19.7. The molecule has 11 N–H and O–H groups in total. The highest BCUT2D eigenvalue weighted by molar-refractivity contribution is 5.74. The molecule has 0 aromatic carbocycles. The fraction of sp³-hybridized carbons (Fsp3) is 0.917. The summed E-state index contributed by atoms with van der Waals surface area (Å²) in [6.45, 7) is 15.8. The molecule has 3 aliphatic heterocycles. The lowest BCUT2D eigenvalue weighted by Gasteiger charge is -2.71. The first-order chi connectivity index (χ1) is 31.1. The predicted molar refractivity (Wildman–Crippen MR) is 231 cm³/mol. The lowest BCUT2D eigenvalue weighted by molar-refractivity contribution is -0.395. The second-order valence-corrected chi connectivity index (χ2v) is 23.5. The van der Waals surface area contributed by atoms with E-state index in [4.69, 9.17) is 28.4 Å². The zero-order chi connectivity index (χ0) is 49.3. The lowest BCUT2D eigenvalue weighted by atomic mass is 9.33. The summed E-state index contributed by atoms with van der Waals surface area (Å²) in [5.41, 5.74) is -1.39. The Balaban J connectivity index is 1.06. The van der Waals surface area contributed by atoms with Gasteiger partial charge in [-0.05, 0) is 111 Å². The van der Waals surface area contributed by atoms with Crippen molar-refractivity contribution in [1.29, 1.82) is 0 Å². The molecule has 25 unspecified atom stereocenters. The maximum absolute atomic E-state index is 12.6. The topological polar surface area (TPSA) is 312 Å². The van der Waals surface area contributed by atoms with Gasteiger partial charge in [-0.25, -0.2) is 4.79 Å². The van der Waals surface area contributed by atoms with E-state index in [1.54, 1.807) is 6.92 Å². The number of aliphatic hydroxyl groups excluding tert-OH is 9. The SMILES string of the molecule is CC1OC(OC2C(OC3C(OC4CCC5(C)C(CCC6(C)C5CC=C5C7CC(C)(C(=O)O)CC(O)C7(C)CCC56C)C4(C)C)OC(C(=O)O)C(O)C3O)OC(CO)C(O)C2O)C(O)C(O)C1O. The van der Waals surface area contributed by atoms with Crippen LogP contribution >= 0.6 is 0 Å². The number of carboxylic acid groups (broad SMARTS) is 2. The Morgan fingerprint density at radius 1 is 0.657 bits per heavy atom. The fourth-order valence-electron chi connectivity index (χ4n) is 15.1. The zero-order valence-electron chi connectivity index (χ0n) is 39.9. The van der Waals surface area contributed by atoms with Crippen molar-refractivity contribution in [3.8, 4) is 0 Å². The van der Waals surface area contributed by atoms with E-state index in [0.717, 1.165) is 32.1 Å². The van der Waals surface area contributed by atoms with Crippen molar-refractivity contribution in [3.63, 3.8) is 0 Å². The van der Waals surface area contributed by atoms with Crippen molar-refractivity contribution in [1.82, 2.24) is 0 Å². The normalized spacial score (nSPS) is 55.2. The average Bonchev–Trinajstić information content (AvgIpc) is 3.25. The van der Waals surface area contributed by atoms with Crippen LogP contribution in [0.1, 0.15) is 113 Å².